The third-order valence-electron chi connectivity index (χ3n) is 12.2. The predicted octanol–water partition coefficient (Wildman–Crippen LogP) is 17.7. The Morgan fingerprint density at radius 1 is 0.169 bits per heavy atom. The van der Waals surface area contributed by atoms with E-state index in [0.29, 0.717) is 0 Å². The summed E-state index contributed by atoms with van der Waals surface area (Å²) in [6.45, 7) is 0. The topological polar surface area (TPSA) is 9.72 Å². The van der Waals surface area contributed by atoms with Crippen LogP contribution in [-0.4, -0.2) is 0 Å². The van der Waals surface area contributed by atoms with Crippen molar-refractivity contribution in [3.63, 3.8) is 0 Å². The van der Waals surface area contributed by atoms with Crippen LogP contribution in [0, 0.1) is 0 Å². The van der Waals surface area contributed by atoms with Crippen LogP contribution in [0.4, 0.5) is 51.2 Å². The molecule has 0 aliphatic rings. The maximum atomic E-state index is 2.43. The van der Waals surface area contributed by atoms with Crippen molar-refractivity contribution in [1.82, 2.24) is 0 Å². The summed E-state index contributed by atoms with van der Waals surface area (Å²) in [5, 5.41) is 4.75. The van der Waals surface area contributed by atoms with Gasteiger partial charge >= 0.3 is 0 Å². The Balaban J connectivity index is 0.989. The molecule has 11 aromatic rings. The fourth-order valence-corrected chi connectivity index (χ4v) is 9.23. The minimum absolute atomic E-state index is 1.10. The van der Waals surface area contributed by atoms with E-state index in [1.807, 2.05) is 0 Å². The maximum absolute atomic E-state index is 2.43. The molecule has 0 aliphatic carbocycles. The van der Waals surface area contributed by atoms with Gasteiger partial charge in [-0.05, 0) is 130 Å². The SMILES string of the molecule is c1ccc(N(c2ccccc2)c2ccc(-c3ccc(N(c4ccccc4)c4ccc(-c5ccc(N(c6ccccc6)c6ccccc6)cc5)c5ccccc45)c4ccccc34)cc2)cc1. The monoisotopic (exact) mass is 831 g/mol. The van der Waals surface area contributed by atoms with Crippen molar-refractivity contribution in [3.05, 3.63) is 273 Å². The largest absolute Gasteiger partial charge is 0.311 e. The van der Waals surface area contributed by atoms with Crippen molar-refractivity contribution in [2.45, 2.75) is 0 Å². The summed E-state index contributed by atoms with van der Waals surface area (Å²) in [5.74, 6) is 0. The molecule has 0 aliphatic heterocycles. The van der Waals surface area contributed by atoms with Crippen LogP contribution in [-0.2, 0) is 0 Å². The van der Waals surface area contributed by atoms with E-state index in [0.717, 1.165) is 51.2 Å². The van der Waals surface area contributed by atoms with Crippen LogP contribution in [0.15, 0.2) is 273 Å². The molecule has 11 rings (SSSR count). The highest BCUT2D eigenvalue weighted by molar-refractivity contribution is 6.11. The Hall–Kier alpha value is -8.66. The van der Waals surface area contributed by atoms with Crippen LogP contribution in [0.5, 0.6) is 0 Å². The molecule has 3 heteroatoms. The summed E-state index contributed by atoms with van der Waals surface area (Å²) in [6.07, 6.45) is 0. The van der Waals surface area contributed by atoms with E-state index >= 15 is 0 Å². The first-order valence-electron chi connectivity index (χ1n) is 22.2. The molecule has 0 N–H and O–H groups in total. The summed E-state index contributed by atoms with van der Waals surface area (Å²) in [4.78, 5) is 7.04. The van der Waals surface area contributed by atoms with E-state index in [4.69, 9.17) is 0 Å². The zero-order valence-corrected chi connectivity index (χ0v) is 35.8. The number of hydrogen-bond acceptors (Lipinski definition) is 3. The van der Waals surface area contributed by atoms with Crippen LogP contribution in [0.1, 0.15) is 0 Å². The average Bonchev–Trinajstić information content (AvgIpc) is 3.39. The zero-order chi connectivity index (χ0) is 43.4. The van der Waals surface area contributed by atoms with Gasteiger partial charge in [-0.3, -0.25) is 0 Å². The molecule has 65 heavy (non-hydrogen) atoms. The summed E-state index contributed by atoms with van der Waals surface area (Å²) in [6, 6.07) is 97.8. The number of nitrogens with zero attached hydrogens (tertiary/aromatic N) is 3. The van der Waals surface area contributed by atoms with E-state index in [1.54, 1.807) is 0 Å². The molecule has 0 saturated carbocycles. The molecule has 0 unspecified atom stereocenters. The lowest BCUT2D eigenvalue weighted by Gasteiger charge is -2.29. The molecule has 0 fully saturated rings. The average molecular weight is 832 g/mol. The number of anilines is 9. The van der Waals surface area contributed by atoms with Crippen molar-refractivity contribution in [3.8, 4) is 22.3 Å². The van der Waals surface area contributed by atoms with Crippen molar-refractivity contribution in [2.75, 3.05) is 14.7 Å². The van der Waals surface area contributed by atoms with Gasteiger partial charge in [-0.2, -0.15) is 0 Å². The highest BCUT2D eigenvalue weighted by Gasteiger charge is 2.21. The Kier molecular flexibility index (Phi) is 10.6. The molecule has 11 aromatic carbocycles. The van der Waals surface area contributed by atoms with Gasteiger partial charge in [-0.25, -0.2) is 0 Å². The second kappa shape index (κ2) is 17.6. The first-order valence-corrected chi connectivity index (χ1v) is 22.2. The van der Waals surface area contributed by atoms with Gasteiger partial charge < -0.3 is 14.7 Å². The van der Waals surface area contributed by atoms with Crippen molar-refractivity contribution < 1.29 is 0 Å². The minimum Gasteiger partial charge on any atom is -0.311 e. The van der Waals surface area contributed by atoms with Crippen LogP contribution in [0.25, 0.3) is 43.8 Å². The molecule has 308 valence electrons. The maximum Gasteiger partial charge on any atom is 0.0540 e. The van der Waals surface area contributed by atoms with Gasteiger partial charge in [0.15, 0.2) is 0 Å². The third kappa shape index (κ3) is 7.66. The van der Waals surface area contributed by atoms with Gasteiger partial charge in [0.25, 0.3) is 0 Å². The van der Waals surface area contributed by atoms with E-state index in [-0.39, 0.29) is 0 Å². The second-order valence-electron chi connectivity index (χ2n) is 16.1. The van der Waals surface area contributed by atoms with E-state index in [9.17, 15) is 0 Å². The molecule has 0 heterocycles. The Morgan fingerprint density at radius 2 is 0.415 bits per heavy atom. The fraction of sp³-hybridized carbons (Fsp3) is 0. The molecular weight excluding hydrogens is 787 g/mol. The van der Waals surface area contributed by atoms with E-state index < -0.39 is 0 Å². The van der Waals surface area contributed by atoms with Gasteiger partial charge in [-0.1, -0.05) is 176 Å². The van der Waals surface area contributed by atoms with Gasteiger partial charge in [0.05, 0.1) is 11.4 Å². The lowest BCUT2D eigenvalue weighted by molar-refractivity contribution is 1.28. The number of rotatable bonds is 11. The van der Waals surface area contributed by atoms with Crippen molar-refractivity contribution >= 4 is 72.7 Å². The second-order valence-corrected chi connectivity index (χ2v) is 16.1. The summed E-state index contributed by atoms with van der Waals surface area (Å²) < 4.78 is 0. The standard InChI is InChI=1S/C62H45N3/c1-6-20-48(21-7-1)63(49-22-8-2-9-23-49)53-38-34-46(35-39-53)55-42-44-61(59-32-18-16-30-57(55)59)65(52-28-14-5-15-29-52)62-45-43-56(58-31-17-19-33-60(58)62)47-36-40-54(41-37-47)64(50-24-10-3-11-25-50)51-26-12-4-13-27-51/h1-45H. The van der Waals surface area contributed by atoms with Crippen LogP contribution < -0.4 is 14.7 Å². The Morgan fingerprint density at radius 3 is 0.723 bits per heavy atom. The van der Waals surface area contributed by atoms with Crippen molar-refractivity contribution in [2.24, 2.45) is 0 Å². The van der Waals surface area contributed by atoms with Crippen molar-refractivity contribution in [1.29, 1.82) is 0 Å². The predicted molar refractivity (Wildman–Crippen MR) is 276 cm³/mol. The number of fused-ring (bicyclic) bond motifs is 2. The molecular formula is C62H45N3. The smallest absolute Gasteiger partial charge is 0.0540 e. The molecule has 0 atom stereocenters. The fourth-order valence-electron chi connectivity index (χ4n) is 9.23. The molecule has 0 saturated heterocycles. The lowest BCUT2D eigenvalue weighted by Crippen LogP contribution is -2.11. The number of para-hydroxylation sites is 5. The minimum atomic E-state index is 1.10. The van der Waals surface area contributed by atoms with Crippen LogP contribution in [0.2, 0.25) is 0 Å². The van der Waals surface area contributed by atoms with Gasteiger partial charge in [0.1, 0.15) is 0 Å². The van der Waals surface area contributed by atoms with Gasteiger partial charge in [0, 0.05) is 50.6 Å². The molecule has 0 bridgehead atoms. The van der Waals surface area contributed by atoms with E-state index in [2.05, 4.69) is 288 Å². The molecule has 0 spiro atoms. The quantitative estimate of drug-likeness (QED) is 0.129. The number of hydrogen-bond donors (Lipinski definition) is 0. The highest BCUT2D eigenvalue weighted by atomic mass is 15.2. The zero-order valence-electron chi connectivity index (χ0n) is 35.8. The van der Waals surface area contributed by atoms with E-state index in [1.165, 1.54) is 43.8 Å². The Labute approximate surface area is 381 Å². The summed E-state index contributed by atoms with van der Waals surface area (Å²) in [5.41, 5.74) is 14.7. The molecule has 0 aromatic heterocycles. The number of benzene rings is 11. The van der Waals surface area contributed by atoms with Crippen LogP contribution in [0.3, 0.4) is 0 Å². The lowest BCUT2D eigenvalue weighted by atomic mass is 9.94. The first kappa shape index (κ1) is 39.2. The third-order valence-corrected chi connectivity index (χ3v) is 12.2. The van der Waals surface area contributed by atoms with Gasteiger partial charge in [-0.15, -0.1) is 0 Å². The van der Waals surface area contributed by atoms with Crippen LogP contribution >= 0.6 is 0 Å². The Bertz CT molecular complexity index is 3050. The molecule has 0 radical (unpaired) electrons. The normalized spacial score (nSPS) is 11.1. The summed E-state index contributed by atoms with van der Waals surface area (Å²) in [7, 11) is 0. The molecule has 3 nitrogen and oxygen atoms in total. The molecule has 0 amide bonds. The van der Waals surface area contributed by atoms with Gasteiger partial charge in [0.2, 0.25) is 0 Å². The first-order chi connectivity index (χ1) is 32.3. The highest BCUT2D eigenvalue weighted by Crippen LogP contribution is 2.46. The summed E-state index contributed by atoms with van der Waals surface area (Å²) >= 11 is 0.